The van der Waals surface area contributed by atoms with E-state index in [0.29, 0.717) is 24.9 Å². The lowest BCUT2D eigenvalue weighted by Crippen LogP contribution is -2.58. The van der Waals surface area contributed by atoms with Crippen molar-refractivity contribution in [3.05, 3.63) is 0 Å². The maximum atomic E-state index is 12.2. The van der Waals surface area contributed by atoms with Gasteiger partial charge in [-0.05, 0) is 51.1 Å². The van der Waals surface area contributed by atoms with Crippen LogP contribution < -0.4 is 0 Å². The molecule has 0 aromatic heterocycles. The summed E-state index contributed by atoms with van der Waals surface area (Å²) < 4.78 is 5.31. The van der Waals surface area contributed by atoms with Crippen molar-refractivity contribution < 1.29 is 9.53 Å². The Labute approximate surface area is 130 Å². The molecular formula is C18H33NO2. The molecule has 1 saturated carbocycles. The zero-order chi connectivity index (χ0) is 15.3. The SMILES string of the molecule is CCOC(=O)CC1(N2CCCCCC2)CCCC(C)C1C. The Morgan fingerprint density at radius 2 is 1.81 bits per heavy atom. The molecule has 0 amide bonds. The molecule has 3 unspecified atom stereocenters. The van der Waals surface area contributed by atoms with Crippen LogP contribution >= 0.6 is 0 Å². The molecule has 3 heteroatoms. The molecule has 0 aromatic carbocycles. The average Bonchev–Trinajstić information content (AvgIpc) is 2.73. The summed E-state index contributed by atoms with van der Waals surface area (Å²) in [6, 6.07) is 0. The smallest absolute Gasteiger partial charge is 0.307 e. The standard InChI is InChI=1S/C18H33NO2/c1-4-21-17(20)14-18(11-9-10-15(2)16(18)3)19-12-7-5-6-8-13-19/h15-16H,4-14H2,1-3H3. The highest BCUT2D eigenvalue weighted by atomic mass is 16.5. The molecule has 2 fully saturated rings. The van der Waals surface area contributed by atoms with Crippen LogP contribution in [0.5, 0.6) is 0 Å². The van der Waals surface area contributed by atoms with E-state index in [-0.39, 0.29) is 11.5 Å². The summed E-state index contributed by atoms with van der Waals surface area (Å²) in [5.74, 6) is 1.29. The van der Waals surface area contributed by atoms with Gasteiger partial charge in [0, 0.05) is 5.54 Å². The molecular weight excluding hydrogens is 262 g/mol. The molecule has 0 N–H and O–H groups in total. The van der Waals surface area contributed by atoms with E-state index in [0.717, 1.165) is 19.5 Å². The number of ether oxygens (including phenoxy) is 1. The van der Waals surface area contributed by atoms with Gasteiger partial charge in [0.2, 0.25) is 0 Å². The topological polar surface area (TPSA) is 29.5 Å². The van der Waals surface area contributed by atoms with Gasteiger partial charge in [-0.25, -0.2) is 0 Å². The number of esters is 1. The number of carbonyl (C=O) groups is 1. The van der Waals surface area contributed by atoms with Gasteiger partial charge in [0.25, 0.3) is 0 Å². The molecule has 3 atom stereocenters. The first-order valence-corrected chi connectivity index (χ1v) is 9.01. The lowest BCUT2D eigenvalue weighted by molar-refractivity contribution is -0.150. The maximum Gasteiger partial charge on any atom is 0.307 e. The molecule has 1 heterocycles. The van der Waals surface area contributed by atoms with E-state index in [1.54, 1.807) is 0 Å². The lowest BCUT2D eigenvalue weighted by atomic mass is 9.65. The van der Waals surface area contributed by atoms with E-state index < -0.39 is 0 Å². The average molecular weight is 295 g/mol. The highest BCUT2D eigenvalue weighted by Gasteiger charge is 2.47. The number of rotatable bonds is 4. The minimum atomic E-state index is 0.00250. The fourth-order valence-corrected chi connectivity index (χ4v) is 4.52. The van der Waals surface area contributed by atoms with Crippen molar-refractivity contribution in [1.82, 2.24) is 4.90 Å². The zero-order valence-electron chi connectivity index (χ0n) is 14.2. The Balaban J connectivity index is 2.21. The van der Waals surface area contributed by atoms with Crippen LogP contribution in [0.15, 0.2) is 0 Å². The second kappa shape index (κ2) is 7.62. The van der Waals surface area contributed by atoms with Gasteiger partial charge in [-0.1, -0.05) is 39.5 Å². The summed E-state index contributed by atoms with van der Waals surface area (Å²) in [5, 5.41) is 0. The summed E-state index contributed by atoms with van der Waals surface area (Å²) in [7, 11) is 0. The Morgan fingerprint density at radius 3 is 2.43 bits per heavy atom. The predicted octanol–water partition coefficient (Wildman–Crippen LogP) is 4.01. The summed E-state index contributed by atoms with van der Waals surface area (Å²) in [5.41, 5.74) is 0.0499. The normalized spacial score (nSPS) is 35.2. The summed E-state index contributed by atoms with van der Waals surface area (Å²) in [6.07, 6.45) is 9.56. The Kier molecular flexibility index (Phi) is 6.09. The van der Waals surface area contributed by atoms with Crippen LogP contribution in [0.4, 0.5) is 0 Å². The predicted molar refractivity (Wildman–Crippen MR) is 86.2 cm³/mol. The van der Waals surface area contributed by atoms with Crippen molar-refractivity contribution >= 4 is 5.97 Å². The van der Waals surface area contributed by atoms with Crippen LogP contribution in [0.25, 0.3) is 0 Å². The molecule has 1 aliphatic carbocycles. The summed E-state index contributed by atoms with van der Waals surface area (Å²) >= 11 is 0. The van der Waals surface area contributed by atoms with E-state index >= 15 is 0 Å². The Bertz CT molecular complexity index is 336. The fraction of sp³-hybridized carbons (Fsp3) is 0.944. The minimum absolute atomic E-state index is 0.00250. The van der Waals surface area contributed by atoms with Crippen LogP contribution in [0.2, 0.25) is 0 Å². The largest absolute Gasteiger partial charge is 0.466 e. The monoisotopic (exact) mass is 295 g/mol. The molecule has 1 aliphatic heterocycles. The molecule has 122 valence electrons. The number of nitrogens with zero attached hydrogens (tertiary/aromatic N) is 1. The summed E-state index contributed by atoms with van der Waals surface area (Å²) in [6.45, 7) is 9.46. The van der Waals surface area contributed by atoms with Gasteiger partial charge in [0.05, 0.1) is 13.0 Å². The third kappa shape index (κ3) is 3.80. The quantitative estimate of drug-likeness (QED) is 0.734. The van der Waals surface area contributed by atoms with Crippen molar-refractivity contribution in [1.29, 1.82) is 0 Å². The second-order valence-electron chi connectivity index (χ2n) is 7.14. The third-order valence-electron chi connectivity index (χ3n) is 5.96. The number of hydrogen-bond donors (Lipinski definition) is 0. The molecule has 1 saturated heterocycles. The molecule has 0 spiro atoms. The number of likely N-dealkylation sites (tertiary alicyclic amines) is 1. The Morgan fingerprint density at radius 1 is 1.14 bits per heavy atom. The molecule has 21 heavy (non-hydrogen) atoms. The minimum Gasteiger partial charge on any atom is -0.466 e. The fourth-order valence-electron chi connectivity index (χ4n) is 4.52. The van der Waals surface area contributed by atoms with Crippen molar-refractivity contribution in [3.63, 3.8) is 0 Å². The first-order valence-electron chi connectivity index (χ1n) is 9.01. The summed E-state index contributed by atoms with van der Waals surface area (Å²) in [4.78, 5) is 14.9. The molecule has 2 rings (SSSR count). The molecule has 0 radical (unpaired) electrons. The highest BCUT2D eigenvalue weighted by Crippen LogP contribution is 2.44. The van der Waals surface area contributed by atoms with Crippen LogP contribution in [0.3, 0.4) is 0 Å². The van der Waals surface area contributed by atoms with Crippen molar-refractivity contribution in [2.75, 3.05) is 19.7 Å². The molecule has 2 aliphatic rings. The van der Waals surface area contributed by atoms with Gasteiger partial charge in [-0.3, -0.25) is 9.69 Å². The van der Waals surface area contributed by atoms with E-state index in [1.165, 1.54) is 38.5 Å². The van der Waals surface area contributed by atoms with Gasteiger partial charge in [-0.15, -0.1) is 0 Å². The van der Waals surface area contributed by atoms with E-state index in [2.05, 4.69) is 18.7 Å². The van der Waals surface area contributed by atoms with Gasteiger partial charge >= 0.3 is 5.97 Å². The van der Waals surface area contributed by atoms with Crippen LogP contribution in [0, 0.1) is 11.8 Å². The first-order chi connectivity index (χ1) is 10.1. The van der Waals surface area contributed by atoms with Crippen LogP contribution in [-0.4, -0.2) is 36.1 Å². The van der Waals surface area contributed by atoms with Crippen LogP contribution in [0.1, 0.15) is 72.1 Å². The second-order valence-corrected chi connectivity index (χ2v) is 7.14. The van der Waals surface area contributed by atoms with Crippen molar-refractivity contribution in [3.8, 4) is 0 Å². The van der Waals surface area contributed by atoms with E-state index in [1.807, 2.05) is 6.92 Å². The first kappa shape index (κ1) is 16.8. The number of hydrogen-bond acceptors (Lipinski definition) is 3. The molecule has 0 aromatic rings. The van der Waals surface area contributed by atoms with Crippen LogP contribution in [-0.2, 0) is 9.53 Å². The van der Waals surface area contributed by atoms with E-state index in [9.17, 15) is 4.79 Å². The van der Waals surface area contributed by atoms with Crippen molar-refractivity contribution in [2.45, 2.75) is 77.7 Å². The van der Waals surface area contributed by atoms with E-state index in [4.69, 9.17) is 4.74 Å². The van der Waals surface area contributed by atoms with Gasteiger partial charge < -0.3 is 4.74 Å². The molecule has 3 nitrogen and oxygen atoms in total. The van der Waals surface area contributed by atoms with Gasteiger partial charge in [-0.2, -0.15) is 0 Å². The Hall–Kier alpha value is -0.570. The maximum absolute atomic E-state index is 12.2. The zero-order valence-corrected chi connectivity index (χ0v) is 14.2. The van der Waals surface area contributed by atoms with Gasteiger partial charge in [0.1, 0.15) is 0 Å². The lowest BCUT2D eigenvalue weighted by Gasteiger charge is -2.52. The van der Waals surface area contributed by atoms with Crippen molar-refractivity contribution in [2.24, 2.45) is 11.8 Å². The van der Waals surface area contributed by atoms with Gasteiger partial charge in [0.15, 0.2) is 0 Å². The highest BCUT2D eigenvalue weighted by molar-refractivity contribution is 5.71. The third-order valence-corrected chi connectivity index (χ3v) is 5.96. The number of carbonyl (C=O) groups excluding carboxylic acids is 1. The molecule has 0 bridgehead atoms.